The first-order valence-electron chi connectivity index (χ1n) is 9.46. The maximum absolute atomic E-state index is 13.6. The van der Waals surface area contributed by atoms with Crippen molar-refractivity contribution in [2.75, 3.05) is 42.9 Å². The molecule has 2 aromatic rings. The lowest BCUT2D eigenvalue weighted by Crippen LogP contribution is -2.28. The van der Waals surface area contributed by atoms with Crippen LogP contribution in [0.15, 0.2) is 46.2 Å². The molecule has 5 nitrogen and oxygen atoms in total. The zero-order valence-corrected chi connectivity index (χ0v) is 16.7. The second-order valence-electron chi connectivity index (χ2n) is 6.81. The second-order valence-corrected chi connectivity index (χ2v) is 8.72. The molecule has 1 saturated heterocycles. The summed E-state index contributed by atoms with van der Waals surface area (Å²) in [5.74, 6) is -1.84. The van der Waals surface area contributed by atoms with Crippen LogP contribution >= 0.6 is 0 Å². The van der Waals surface area contributed by atoms with E-state index in [-0.39, 0.29) is 4.90 Å². The van der Waals surface area contributed by atoms with Gasteiger partial charge in [-0.1, -0.05) is 6.92 Å². The van der Waals surface area contributed by atoms with Gasteiger partial charge in [-0.25, -0.2) is 17.2 Å². The number of benzene rings is 2. The normalized spacial score (nSPS) is 15.3. The zero-order valence-electron chi connectivity index (χ0n) is 15.8. The quantitative estimate of drug-likeness (QED) is 0.766. The Labute approximate surface area is 164 Å². The molecule has 0 saturated carbocycles. The van der Waals surface area contributed by atoms with Gasteiger partial charge < -0.3 is 15.5 Å². The maximum Gasteiger partial charge on any atom is 0.208 e. The summed E-state index contributed by atoms with van der Waals surface area (Å²) in [4.78, 5) is 1.83. The summed E-state index contributed by atoms with van der Waals surface area (Å²) in [5.41, 5.74) is 1.37. The molecule has 152 valence electrons. The fraction of sp³-hybridized carbons (Fsp3) is 0.400. The van der Waals surface area contributed by atoms with E-state index in [1.54, 1.807) is 6.07 Å². The Hall–Kier alpha value is -2.19. The van der Waals surface area contributed by atoms with Crippen molar-refractivity contribution in [3.05, 3.63) is 48.0 Å². The van der Waals surface area contributed by atoms with E-state index < -0.39 is 26.4 Å². The number of rotatable bonds is 6. The molecular weight excluding hydrogens is 384 g/mol. The molecule has 0 spiro atoms. The summed E-state index contributed by atoms with van der Waals surface area (Å²) in [6.07, 6.45) is 1.81. The van der Waals surface area contributed by atoms with Crippen molar-refractivity contribution < 1.29 is 17.2 Å². The van der Waals surface area contributed by atoms with Crippen LogP contribution in [0, 0.1) is 11.6 Å². The maximum atomic E-state index is 13.6. The number of sulfone groups is 1. The lowest BCUT2D eigenvalue weighted by Gasteiger charge is -2.24. The van der Waals surface area contributed by atoms with Crippen molar-refractivity contribution in [1.82, 2.24) is 5.32 Å². The topological polar surface area (TPSA) is 61.4 Å². The van der Waals surface area contributed by atoms with Crippen LogP contribution in [0.3, 0.4) is 0 Å². The molecule has 0 amide bonds. The highest BCUT2D eigenvalue weighted by Gasteiger charge is 2.24. The summed E-state index contributed by atoms with van der Waals surface area (Å²) < 4.78 is 53.3. The molecule has 0 radical (unpaired) electrons. The minimum Gasteiger partial charge on any atom is -0.384 e. The molecule has 8 heteroatoms. The van der Waals surface area contributed by atoms with Crippen LogP contribution in [0.1, 0.15) is 19.8 Å². The fourth-order valence-corrected chi connectivity index (χ4v) is 4.72. The third kappa shape index (κ3) is 4.62. The SMILES string of the molecule is CCCNc1cc(N2CCCNCC2)ccc1S(=O)(=O)c1cc(F)cc(F)c1. The molecule has 3 rings (SSSR count). The summed E-state index contributed by atoms with van der Waals surface area (Å²) in [6, 6.07) is 7.43. The van der Waals surface area contributed by atoms with Crippen LogP contribution in [0.2, 0.25) is 0 Å². The van der Waals surface area contributed by atoms with E-state index in [4.69, 9.17) is 0 Å². The van der Waals surface area contributed by atoms with Crippen molar-refractivity contribution in [1.29, 1.82) is 0 Å². The Morgan fingerprint density at radius 2 is 1.82 bits per heavy atom. The van der Waals surface area contributed by atoms with E-state index in [1.807, 2.05) is 13.0 Å². The first-order valence-corrected chi connectivity index (χ1v) is 10.9. The molecular formula is C20H25F2N3O2S. The van der Waals surface area contributed by atoms with E-state index in [0.717, 1.165) is 56.8 Å². The lowest BCUT2D eigenvalue weighted by atomic mass is 10.2. The molecule has 2 aromatic carbocycles. The molecule has 0 aliphatic carbocycles. The average molecular weight is 410 g/mol. The Kier molecular flexibility index (Phi) is 6.51. The first-order chi connectivity index (χ1) is 13.4. The number of anilines is 2. The standard InChI is InChI=1S/C20H25F2N3O2S/c1-2-6-24-19-14-17(25-9-3-7-23-8-10-25)4-5-20(19)28(26,27)18-12-15(21)11-16(22)13-18/h4-5,11-14,23-24H,2-3,6-10H2,1H3. The summed E-state index contributed by atoms with van der Waals surface area (Å²) in [6.45, 7) is 6.09. The minimum absolute atomic E-state index is 0.0163. The highest BCUT2D eigenvalue weighted by atomic mass is 32.2. The monoisotopic (exact) mass is 409 g/mol. The van der Waals surface area contributed by atoms with E-state index in [1.165, 1.54) is 6.07 Å². The van der Waals surface area contributed by atoms with Gasteiger partial charge >= 0.3 is 0 Å². The third-order valence-corrected chi connectivity index (χ3v) is 6.46. The van der Waals surface area contributed by atoms with Gasteiger partial charge in [-0.3, -0.25) is 0 Å². The Morgan fingerprint density at radius 3 is 2.54 bits per heavy atom. The van der Waals surface area contributed by atoms with Gasteiger partial charge in [0.15, 0.2) is 0 Å². The molecule has 1 fully saturated rings. The first kappa shape index (κ1) is 20.5. The summed E-state index contributed by atoms with van der Waals surface area (Å²) in [5, 5.41) is 6.49. The van der Waals surface area contributed by atoms with Crippen molar-refractivity contribution >= 4 is 21.2 Å². The molecule has 0 bridgehead atoms. The van der Waals surface area contributed by atoms with Gasteiger partial charge in [0.25, 0.3) is 0 Å². The van der Waals surface area contributed by atoms with E-state index >= 15 is 0 Å². The highest BCUT2D eigenvalue weighted by molar-refractivity contribution is 7.91. The van der Waals surface area contributed by atoms with E-state index in [9.17, 15) is 17.2 Å². The predicted octanol–water partition coefficient (Wildman–Crippen LogP) is 3.42. The number of hydrogen-bond donors (Lipinski definition) is 2. The van der Waals surface area contributed by atoms with Crippen LogP contribution in [0.25, 0.3) is 0 Å². The molecule has 1 aliphatic rings. The van der Waals surface area contributed by atoms with Gasteiger partial charge in [0.05, 0.1) is 15.5 Å². The van der Waals surface area contributed by atoms with Gasteiger partial charge in [-0.05, 0) is 49.7 Å². The largest absolute Gasteiger partial charge is 0.384 e. The van der Waals surface area contributed by atoms with Crippen LogP contribution in [-0.2, 0) is 9.84 Å². The zero-order chi connectivity index (χ0) is 20.1. The van der Waals surface area contributed by atoms with Gasteiger partial charge in [0.2, 0.25) is 9.84 Å². The molecule has 2 N–H and O–H groups in total. The van der Waals surface area contributed by atoms with Crippen molar-refractivity contribution in [2.24, 2.45) is 0 Å². The van der Waals surface area contributed by atoms with Crippen molar-refractivity contribution in [3.8, 4) is 0 Å². The minimum atomic E-state index is -4.07. The number of halogens is 2. The Bertz CT molecular complexity index is 907. The lowest BCUT2D eigenvalue weighted by molar-refractivity contribution is 0.567. The van der Waals surface area contributed by atoms with Crippen LogP contribution in [0.5, 0.6) is 0 Å². The van der Waals surface area contributed by atoms with Gasteiger partial charge in [0.1, 0.15) is 11.6 Å². The summed E-state index contributed by atoms with van der Waals surface area (Å²) in [7, 11) is -4.07. The van der Waals surface area contributed by atoms with Crippen LogP contribution in [-0.4, -0.2) is 41.1 Å². The van der Waals surface area contributed by atoms with Gasteiger partial charge in [0, 0.05) is 37.9 Å². The van der Waals surface area contributed by atoms with Crippen LogP contribution in [0.4, 0.5) is 20.2 Å². The van der Waals surface area contributed by atoms with Crippen molar-refractivity contribution in [3.63, 3.8) is 0 Å². The average Bonchev–Trinajstić information content (AvgIpc) is 2.95. The molecule has 28 heavy (non-hydrogen) atoms. The molecule has 0 unspecified atom stereocenters. The number of nitrogens with zero attached hydrogens (tertiary/aromatic N) is 1. The Morgan fingerprint density at radius 1 is 1.07 bits per heavy atom. The highest BCUT2D eigenvalue weighted by Crippen LogP contribution is 2.32. The second kappa shape index (κ2) is 8.87. The Balaban J connectivity index is 2.03. The number of hydrogen-bond acceptors (Lipinski definition) is 5. The number of nitrogens with one attached hydrogen (secondary N) is 2. The van der Waals surface area contributed by atoms with E-state index in [2.05, 4.69) is 15.5 Å². The fourth-order valence-electron chi connectivity index (χ4n) is 3.26. The van der Waals surface area contributed by atoms with Gasteiger partial charge in [-0.2, -0.15) is 0 Å². The van der Waals surface area contributed by atoms with Gasteiger partial charge in [-0.15, -0.1) is 0 Å². The summed E-state index contributed by atoms with van der Waals surface area (Å²) >= 11 is 0. The van der Waals surface area contributed by atoms with Crippen molar-refractivity contribution in [2.45, 2.75) is 29.6 Å². The molecule has 0 aromatic heterocycles. The third-order valence-electron chi connectivity index (χ3n) is 4.67. The molecule has 0 atom stereocenters. The smallest absolute Gasteiger partial charge is 0.208 e. The molecule has 1 aliphatic heterocycles. The van der Waals surface area contributed by atoms with Crippen LogP contribution < -0.4 is 15.5 Å². The predicted molar refractivity (Wildman–Crippen MR) is 107 cm³/mol. The molecule has 1 heterocycles. The van der Waals surface area contributed by atoms with E-state index in [0.29, 0.717) is 18.3 Å².